The number of benzene rings is 2. The second kappa shape index (κ2) is 7.33. The summed E-state index contributed by atoms with van der Waals surface area (Å²) < 4.78 is 39.9. The number of carbonyl (C=O) groups excluding carboxylic acids is 1. The minimum atomic E-state index is -4.70. The molecule has 2 aromatic carbocycles. The number of anilines is 1. The number of rotatable bonds is 3. The van der Waals surface area contributed by atoms with Gasteiger partial charge >= 0.3 is 6.18 Å². The molecule has 1 fully saturated rings. The van der Waals surface area contributed by atoms with E-state index in [2.05, 4.69) is 14.9 Å². The van der Waals surface area contributed by atoms with Crippen molar-refractivity contribution in [1.82, 2.24) is 4.83 Å². The van der Waals surface area contributed by atoms with Crippen LogP contribution >= 0.6 is 11.1 Å². The molecule has 2 aromatic rings. The molecular formula is C18H15F3N6OS. The number of carbonyl (C=O) groups is 1. The second-order valence-electron chi connectivity index (χ2n) is 6.68. The number of nitrogens with one attached hydrogen (secondary N) is 1. The van der Waals surface area contributed by atoms with Crippen molar-refractivity contribution in [3.8, 4) is 6.07 Å². The Labute approximate surface area is 166 Å². The lowest BCUT2D eigenvalue weighted by atomic mass is 10.1. The molecule has 1 saturated heterocycles. The van der Waals surface area contributed by atoms with E-state index >= 15 is 0 Å². The van der Waals surface area contributed by atoms with Crippen LogP contribution in [-0.2, 0) is 11.0 Å². The monoisotopic (exact) mass is 420 g/mol. The van der Waals surface area contributed by atoms with Gasteiger partial charge in [-0.05, 0) is 49.7 Å². The van der Waals surface area contributed by atoms with Gasteiger partial charge < -0.3 is 0 Å². The summed E-state index contributed by atoms with van der Waals surface area (Å²) in [6, 6.07) is 11.3. The first-order valence-corrected chi connectivity index (χ1v) is 9.61. The van der Waals surface area contributed by atoms with Gasteiger partial charge in [-0.15, -0.1) is 0 Å². The lowest BCUT2D eigenvalue weighted by Crippen LogP contribution is -2.46. The quantitative estimate of drug-likeness (QED) is 0.311. The van der Waals surface area contributed by atoms with Gasteiger partial charge in [0.25, 0.3) is 0 Å². The van der Waals surface area contributed by atoms with Crippen molar-refractivity contribution in [3.63, 3.8) is 0 Å². The molecule has 0 saturated carbocycles. The first kappa shape index (κ1) is 20.5. The van der Waals surface area contributed by atoms with Gasteiger partial charge in [0, 0.05) is 15.5 Å². The third-order valence-corrected chi connectivity index (χ3v) is 6.59. The minimum Gasteiger partial charge on any atom is -0.286 e. The van der Waals surface area contributed by atoms with Crippen LogP contribution in [0, 0.1) is 11.3 Å². The summed E-state index contributed by atoms with van der Waals surface area (Å²) in [6.07, 6.45) is -4.70. The first-order chi connectivity index (χ1) is 13.6. The van der Waals surface area contributed by atoms with Crippen molar-refractivity contribution in [2.75, 3.05) is 5.01 Å². The third-order valence-electron chi connectivity index (χ3n) is 4.44. The van der Waals surface area contributed by atoms with Crippen LogP contribution in [0.5, 0.6) is 0 Å². The fourth-order valence-electron chi connectivity index (χ4n) is 2.92. The smallest absolute Gasteiger partial charge is 0.286 e. The molecule has 0 radical (unpaired) electrons. The van der Waals surface area contributed by atoms with Crippen molar-refractivity contribution < 1.29 is 18.0 Å². The van der Waals surface area contributed by atoms with Crippen LogP contribution in [0.15, 0.2) is 52.5 Å². The summed E-state index contributed by atoms with van der Waals surface area (Å²) in [7, 11) is 0. The third kappa shape index (κ3) is 3.73. The maximum Gasteiger partial charge on any atom is 0.417 e. The number of hydrogen-bond donors (Lipinski definition) is 2. The van der Waals surface area contributed by atoms with Gasteiger partial charge in [0.2, 0.25) is 5.12 Å². The molecule has 1 unspecified atom stereocenters. The predicted molar refractivity (Wildman–Crippen MR) is 103 cm³/mol. The molecule has 1 atom stereocenters. The van der Waals surface area contributed by atoms with Crippen LogP contribution in [0.25, 0.3) is 10.4 Å². The molecule has 11 heteroatoms. The van der Waals surface area contributed by atoms with E-state index in [4.69, 9.17) is 10.8 Å². The molecule has 0 spiro atoms. The Bertz CT molecular complexity index is 1050. The second-order valence-corrected chi connectivity index (χ2v) is 8.47. The normalized spacial score (nSPS) is 19.5. The average molecular weight is 420 g/mol. The van der Waals surface area contributed by atoms with Crippen LogP contribution in [0.2, 0.25) is 0 Å². The largest absolute Gasteiger partial charge is 0.417 e. The Morgan fingerprint density at radius 1 is 1.24 bits per heavy atom. The van der Waals surface area contributed by atoms with Gasteiger partial charge in [-0.1, -0.05) is 28.3 Å². The Hall–Kier alpha value is -3.19. The van der Waals surface area contributed by atoms with Crippen LogP contribution in [0.4, 0.5) is 24.5 Å². The van der Waals surface area contributed by atoms with Gasteiger partial charge in [-0.3, -0.25) is 9.80 Å². The van der Waals surface area contributed by atoms with Crippen LogP contribution in [-0.4, -0.2) is 10.7 Å². The first-order valence-electron chi connectivity index (χ1n) is 8.27. The summed E-state index contributed by atoms with van der Waals surface area (Å²) in [5.74, 6) is 0. The Kier molecular flexibility index (Phi) is 5.19. The van der Waals surface area contributed by atoms with Crippen molar-refractivity contribution in [1.29, 1.82) is 5.26 Å². The molecule has 1 aliphatic rings. The van der Waals surface area contributed by atoms with Crippen molar-refractivity contribution in [3.05, 3.63) is 64.0 Å². The molecule has 1 N–H and O–H groups in total. The summed E-state index contributed by atoms with van der Waals surface area (Å²) in [4.78, 5) is 18.9. The van der Waals surface area contributed by atoms with E-state index in [0.717, 1.165) is 12.1 Å². The van der Waals surface area contributed by atoms with Crippen molar-refractivity contribution >= 4 is 27.6 Å². The number of hydrazine groups is 1. The zero-order valence-electron chi connectivity index (χ0n) is 15.3. The summed E-state index contributed by atoms with van der Waals surface area (Å²) in [5, 5.41) is 13.8. The van der Waals surface area contributed by atoms with E-state index in [1.165, 1.54) is 12.1 Å². The van der Waals surface area contributed by atoms with E-state index in [9.17, 15) is 18.0 Å². The molecule has 29 heavy (non-hydrogen) atoms. The van der Waals surface area contributed by atoms with Gasteiger partial charge in [-0.2, -0.15) is 23.3 Å². The molecule has 150 valence electrons. The fourth-order valence-corrected chi connectivity index (χ4v) is 5.05. The Morgan fingerprint density at radius 3 is 2.45 bits per heavy atom. The Morgan fingerprint density at radius 2 is 1.90 bits per heavy atom. The summed E-state index contributed by atoms with van der Waals surface area (Å²) >= 11 is -1.80. The summed E-state index contributed by atoms with van der Waals surface area (Å²) in [5.41, 5.74) is 6.89. The standard InChI is InChI=1S/C18H15F3N6OS/c1-17(2)16(28)29(14-8-3-11(10-22)15(9-14)18(19,20)21)26-27(17)13-6-4-12(5-7-13)24-25-23/h3-9,26,29H,1-2H3. The van der Waals surface area contributed by atoms with Crippen LogP contribution in [0.1, 0.15) is 25.0 Å². The molecule has 0 bridgehead atoms. The SMILES string of the molecule is CC1(C)C(=O)[SH](c2ccc(C#N)c(C(F)(F)F)c2)NN1c1ccc(N=[N+]=[N-])cc1. The Balaban J connectivity index is 2.00. The topological polar surface area (TPSA) is 105 Å². The highest BCUT2D eigenvalue weighted by Crippen LogP contribution is 2.48. The fraction of sp³-hybridized carbons (Fsp3) is 0.222. The average Bonchev–Trinajstić information content (AvgIpc) is 2.91. The van der Waals surface area contributed by atoms with Gasteiger partial charge in [-0.25, -0.2) is 0 Å². The molecule has 7 nitrogen and oxygen atoms in total. The van der Waals surface area contributed by atoms with Crippen LogP contribution in [0.3, 0.4) is 0 Å². The molecule has 0 aliphatic carbocycles. The van der Waals surface area contributed by atoms with E-state index in [1.807, 2.05) is 0 Å². The molecular weight excluding hydrogens is 405 g/mol. The van der Waals surface area contributed by atoms with E-state index in [0.29, 0.717) is 11.4 Å². The number of hydrogen-bond acceptors (Lipinski definition) is 5. The highest BCUT2D eigenvalue weighted by atomic mass is 32.2. The number of alkyl halides is 3. The number of azide groups is 1. The lowest BCUT2D eigenvalue weighted by Gasteiger charge is -2.30. The predicted octanol–water partition coefficient (Wildman–Crippen LogP) is 5.12. The molecule has 1 aliphatic heterocycles. The lowest BCUT2D eigenvalue weighted by molar-refractivity contribution is -0.138. The van der Waals surface area contributed by atoms with E-state index in [1.54, 1.807) is 43.1 Å². The number of thiol groups is 1. The maximum absolute atomic E-state index is 13.3. The van der Waals surface area contributed by atoms with Gasteiger partial charge in [0.1, 0.15) is 5.54 Å². The maximum atomic E-state index is 13.3. The molecule has 0 aromatic heterocycles. The van der Waals surface area contributed by atoms with E-state index in [-0.39, 0.29) is 10.0 Å². The highest BCUT2D eigenvalue weighted by molar-refractivity contribution is 8.28. The van der Waals surface area contributed by atoms with Crippen molar-refractivity contribution in [2.24, 2.45) is 5.11 Å². The molecule has 0 amide bonds. The van der Waals surface area contributed by atoms with Crippen molar-refractivity contribution in [2.45, 2.75) is 30.5 Å². The van der Waals surface area contributed by atoms with E-state index < -0.39 is 33.9 Å². The zero-order valence-corrected chi connectivity index (χ0v) is 16.2. The number of nitrogens with zero attached hydrogens (tertiary/aromatic N) is 5. The number of halogens is 3. The van der Waals surface area contributed by atoms with Gasteiger partial charge in [0.15, 0.2) is 0 Å². The zero-order chi connectivity index (χ0) is 21.4. The van der Waals surface area contributed by atoms with Crippen LogP contribution < -0.4 is 9.84 Å². The highest BCUT2D eigenvalue weighted by Gasteiger charge is 2.46. The number of nitriles is 1. The molecule has 3 rings (SSSR count). The summed E-state index contributed by atoms with van der Waals surface area (Å²) in [6.45, 7) is 3.33. The molecule has 1 heterocycles. The minimum absolute atomic E-state index is 0.178. The van der Waals surface area contributed by atoms with Gasteiger partial charge in [0.05, 0.1) is 22.9 Å².